The minimum Gasteiger partial charge on any atom is -0.756 e. The third kappa shape index (κ3) is 52.6. The molecule has 0 aliphatic carbocycles. The molecule has 3 atom stereocenters. The fraction of sp³-hybridized carbons (Fsp3) is 0.836. The van der Waals surface area contributed by atoms with Crippen LogP contribution in [0.1, 0.15) is 278 Å². The van der Waals surface area contributed by atoms with E-state index in [4.69, 9.17) is 13.8 Å². The highest BCUT2D eigenvalue weighted by Gasteiger charge is 2.27. The van der Waals surface area contributed by atoms with Crippen LogP contribution in [0, 0.1) is 0 Å². The Bertz CT molecular complexity index is 1360. The average molecular weight is 1020 g/mol. The van der Waals surface area contributed by atoms with Crippen LogP contribution in [0.2, 0.25) is 0 Å². The van der Waals surface area contributed by atoms with Gasteiger partial charge in [0, 0.05) is 12.8 Å². The van der Waals surface area contributed by atoms with E-state index in [1.54, 1.807) is 0 Å². The van der Waals surface area contributed by atoms with Crippen molar-refractivity contribution in [2.24, 2.45) is 0 Å². The molecule has 0 aromatic rings. The van der Waals surface area contributed by atoms with E-state index in [2.05, 4.69) is 62.5 Å². The molecule has 0 spiro atoms. The van der Waals surface area contributed by atoms with Crippen LogP contribution in [-0.4, -0.2) is 69.4 Å². The smallest absolute Gasteiger partial charge is 0.306 e. The molecule has 0 rings (SSSR count). The molecule has 71 heavy (non-hydrogen) atoms. The van der Waals surface area contributed by atoms with E-state index in [1.165, 1.54) is 161 Å². The van der Waals surface area contributed by atoms with Crippen LogP contribution in [0.25, 0.3) is 0 Å². The normalized spacial score (nSPS) is 14.1. The quantitative estimate of drug-likeness (QED) is 0.0212. The summed E-state index contributed by atoms with van der Waals surface area (Å²) in [6, 6.07) is -0.896. The summed E-state index contributed by atoms with van der Waals surface area (Å²) >= 11 is 0. The standard InChI is InChI=1S/C61H115N2O7P/c1-7-10-13-16-19-22-25-28-30-31-32-33-34-36-39-42-45-48-51-54-61(65)70-59(52-49-46-43-40-37-27-24-21-18-15-12-9-3)58(57-69-71(66,67)68-56-55-63(4,5)6)62-60(64)53-50-47-44-41-38-35-29-26-23-20-17-14-11-8-2/h19,22,28,30,35,38,49,52,58-59H,7-18,20-21,23-27,29,31-34,36-37,39-48,50-51,53-57H2,1-6H3,(H-,62,64,66,67)/b22-19-,30-28-,38-35-,52-49+. The van der Waals surface area contributed by atoms with Crippen molar-refractivity contribution in [3.63, 3.8) is 0 Å². The maximum atomic E-state index is 13.5. The summed E-state index contributed by atoms with van der Waals surface area (Å²) in [6.07, 6.45) is 62.1. The molecule has 0 heterocycles. The van der Waals surface area contributed by atoms with E-state index < -0.39 is 26.6 Å². The van der Waals surface area contributed by atoms with E-state index in [0.717, 1.165) is 77.0 Å². The first kappa shape index (κ1) is 69.0. The van der Waals surface area contributed by atoms with E-state index in [9.17, 15) is 19.0 Å². The van der Waals surface area contributed by atoms with Gasteiger partial charge in [0.05, 0.1) is 33.8 Å². The number of phosphoric acid groups is 1. The molecule has 0 fully saturated rings. The average Bonchev–Trinajstić information content (AvgIpc) is 3.33. The number of carbonyl (C=O) groups excluding carboxylic acids is 2. The highest BCUT2D eigenvalue weighted by Crippen LogP contribution is 2.38. The summed E-state index contributed by atoms with van der Waals surface area (Å²) < 4.78 is 30.3. The zero-order chi connectivity index (χ0) is 52.2. The third-order valence-electron chi connectivity index (χ3n) is 13.2. The van der Waals surface area contributed by atoms with Gasteiger partial charge in [0.2, 0.25) is 5.91 Å². The second-order valence-corrected chi connectivity index (χ2v) is 22.9. The summed E-state index contributed by atoms with van der Waals surface area (Å²) in [5.74, 6) is -0.559. The van der Waals surface area contributed by atoms with Crippen molar-refractivity contribution in [3.05, 3.63) is 48.6 Å². The van der Waals surface area contributed by atoms with Gasteiger partial charge in [-0.2, -0.15) is 0 Å². The number of nitrogens with zero attached hydrogens (tertiary/aromatic N) is 1. The third-order valence-corrected chi connectivity index (χ3v) is 14.2. The number of ether oxygens (including phenoxy) is 1. The Morgan fingerprint density at radius 3 is 1.32 bits per heavy atom. The van der Waals surface area contributed by atoms with Gasteiger partial charge in [0.25, 0.3) is 7.82 Å². The molecule has 10 heteroatoms. The van der Waals surface area contributed by atoms with Crippen LogP contribution in [-0.2, 0) is 27.9 Å². The molecule has 0 aromatic heterocycles. The number of quaternary nitrogens is 1. The first-order chi connectivity index (χ1) is 34.4. The summed E-state index contributed by atoms with van der Waals surface area (Å²) in [4.78, 5) is 39.9. The van der Waals surface area contributed by atoms with E-state index in [1.807, 2.05) is 33.3 Å². The topological polar surface area (TPSA) is 114 Å². The molecule has 0 aliphatic heterocycles. The molecule has 3 unspecified atom stereocenters. The molecular weight excluding hydrogens is 904 g/mol. The molecule has 9 nitrogen and oxygen atoms in total. The molecule has 0 saturated carbocycles. The zero-order valence-electron chi connectivity index (χ0n) is 47.4. The number of nitrogens with one attached hydrogen (secondary N) is 1. The number of amides is 1. The van der Waals surface area contributed by atoms with E-state index >= 15 is 0 Å². The first-order valence-corrected chi connectivity index (χ1v) is 31.4. The van der Waals surface area contributed by atoms with Crippen LogP contribution in [0.15, 0.2) is 48.6 Å². The fourth-order valence-corrected chi connectivity index (χ4v) is 9.27. The van der Waals surface area contributed by atoms with Gasteiger partial charge in [-0.25, -0.2) is 0 Å². The Kier molecular flexibility index (Phi) is 50.0. The second-order valence-electron chi connectivity index (χ2n) is 21.5. The van der Waals surface area contributed by atoms with Crippen LogP contribution in [0.4, 0.5) is 0 Å². The number of hydrogen-bond acceptors (Lipinski definition) is 7. The Morgan fingerprint density at radius 2 is 0.859 bits per heavy atom. The SMILES string of the molecule is CCCCC/C=C\C/C=C\CCCCCCCCCCCC(=O)OC(/C=C/CCCCCCCCCCCC)C(COP(=O)([O-])OCC[N+](C)(C)C)NC(=O)CCCCC/C=C\CCCCCCCCC. The number of phosphoric ester groups is 1. The second kappa shape index (κ2) is 51.5. The summed E-state index contributed by atoms with van der Waals surface area (Å²) in [7, 11) is 1.18. The minimum absolute atomic E-state index is 0.0254. The molecule has 0 saturated heterocycles. The summed E-state index contributed by atoms with van der Waals surface area (Å²) in [5.41, 5.74) is 0. The Morgan fingerprint density at radius 1 is 0.493 bits per heavy atom. The van der Waals surface area contributed by atoms with Crippen molar-refractivity contribution in [2.75, 3.05) is 40.9 Å². The highest BCUT2D eigenvalue weighted by molar-refractivity contribution is 7.45. The van der Waals surface area contributed by atoms with Crippen molar-refractivity contribution in [3.8, 4) is 0 Å². The number of rotatable bonds is 54. The van der Waals surface area contributed by atoms with Crippen molar-refractivity contribution in [1.29, 1.82) is 0 Å². The molecule has 0 aromatic carbocycles. The Hall–Kier alpha value is -2.03. The molecular formula is C61H115N2O7P. The van der Waals surface area contributed by atoms with Crippen molar-refractivity contribution in [2.45, 2.75) is 290 Å². The van der Waals surface area contributed by atoms with Crippen LogP contribution in [0.3, 0.4) is 0 Å². The zero-order valence-corrected chi connectivity index (χ0v) is 48.3. The van der Waals surface area contributed by atoms with Crippen LogP contribution >= 0.6 is 7.82 Å². The summed E-state index contributed by atoms with van der Waals surface area (Å²) in [6.45, 7) is 6.81. The molecule has 0 radical (unpaired) electrons. The van der Waals surface area contributed by atoms with Gasteiger partial charge in [0.1, 0.15) is 19.3 Å². The number of likely N-dealkylation sites (N-methyl/N-ethyl adjacent to an activating group) is 1. The maximum Gasteiger partial charge on any atom is 0.306 e. The fourth-order valence-electron chi connectivity index (χ4n) is 8.55. The van der Waals surface area contributed by atoms with Gasteiger partial charge < -0.3 is 28.5 Å². The monoisotopic (exact) mass is 1020 g/mol. The number of unbranched alkanes of at least 4 members (excludes halogenated alkanes) is 32. The van der Waals surface area contributed by atoms with E-state index in [-0.39, 0.29) is 24.9 Å². The van der Waals surface area contributed by atoms with Crippen molar-refractivity contribution < 1.29 is 37.3 Å². The lowest BCUT2D eigenvalue weighted by atomic mass is 10.0. The predicted molar refractivity (Wildman–Crippen MR) is 302 cm³/mol. The maximum absolute atomic E-state index is 13.5. The molecule has 1 N–H and O–H groups in total. The van der Waals surface area contributed by atoms with E-state index in [0.29, 0.717) is 23.9 Å². The lowest BCUT2D eigenvalue weighted by Gasteiger charge is -2.30. The van der Waals surface area contributed by atoms with Gasteiger partial charge >= 0.3 is 5.97 Å². The summed E-state index contributed by atoms with van der Waals surface area (Å²) in [5, 5.41) is 3.01. The van der Waals surface area contributed by atoms with Crippen LogP contribution in [0.5, 0.6) is 0 Å². The van der Waals surface area contributed by atoms with Gasteiger partial charge in [0.15, 0.2) is 0 Å². The number of allylic oxidation sites excluding steroid dienone is 7. The number of hydrogen-bond donors (Lipinski definition) is 1. The van der Waals surface area contributed by atoms with Crippen LogP contribution < -0.4 is 10.2 Å². The van der Waals surface area contributed by atoms with Gasteiger partial charge in [-0.15, -0.1) is 0 Å². The lowest BCUT2D eigenvalue weighted by molar-refractivity contribution is -0.870. The van der Waals surface area contributed by atoms with Gasteiger partial charge in [-0.1, -0.05) is 224 Å². The number of esters is 1. The Labute approximate surface area is 439 Å². The molecule has 0 bridgehead atoms. The number of carbonyl (C=O) groups is 2. The predicted octanol–water partition coefficient (Wildman–Crippen LogP) is 17.5. The van der Waals surface area contributed by atoms with Crippen molar-refractivity contribution >= 4 is 19.7 Å². The molecule has 416 valence electrons. The first-order valence-electron chi connectivity index (χ1n) is 29.9. The Balaban J connectivity index is 5.30. The molecule has 0 aliphatic rings. The van der Waals surface area contributed by atoms with Gasteiger partial charge in [-0.05, 0) is 89.5 Å². The molecule has 1 amide bonds. The lowest BCUT2D eigenvalue weighted by Crippen LogP contribution is -2.47. The van der Waals surface area contributed by atoms with Crippen molar-refractivity contribution in [1.82, 2.24) is 5.32 Å². The highest BCUT2D eigenvalue weighted by atomic mass is 31.2. The van der Waals surface area contributed by atoms with Gasteiger partial charge in [-0.3, -0.25) is 14.2 Å². The largest absolute Gasteiger partial charge is 0.756 e. The minimum atomic E-state index is -4.70.